The van der Waals surface area contributed by atoms with Gasteiger partial charge in [0.2, 0.25) is 0 Å². The highest BCUT2D eigenvalue weighted by atomic mass is 14.8. The highest BCUT2D eigenvalue weighted by Crippen LogP contribution is 2.42. The zero-order valence-corrected chi connectivity index (χ0v) is 6.25. The van der Waals surface area contributed by atoms with E-state index in [1.807, 2.05) is 6.07 Å². The van der Waals surface area contributed by atoms with Gasteiger partial charge in [-0.1, -0.05) is 0 Å². The van der Waals surface area contributed by atoms with Gasteiger partial charge in [-0.3, -0.25) is 0 Å². The minimum atomic E-state index is 0.631. The molecule has 4 N–H and O–H groups in total. The molecule has 0 atom stereocenters. The second kappa shape index (κ2) is 2.12. The van der Waals surface area contributed by atoms with E-state index in [9.17, 15) is 0 Å². The fourth-order valence-electron chi connectivity index (χ4n) is 1.23. The third kappa shape index (κ3) is 1.13. The molecule has 0 spiro atoms. The molecule has 1 fully saturated rings. The van der Waals surface area contributed by atoms with Gasteiger partial charge in [0.1, 0.15) is 5.82 Å². The zero-order valence-electron chi connectivity index (χ0n) is 6.25. The molecule has 3 heteroatoms. The predicted octanol–water partition coefficient (Wildman–Crippen LogP) is 1.12. The molecule has 58 valence electrons. The van der Waals surface area contributed by atoms with Gasteiger partial charge in [-0.2, -0.15) is 0 Å². The normalized spacial score (nSPS) is 16.7. The second-order valence-corrected chi connectivity index (χ2v) is 3.02. The predicted molar refractivity (Wildman–Crippen MR) is 45.0 cm³/mol. The van der Waals surface area contributed by atoms with Crippen LogP contribution in [0.15, 0.2) is 12.3 Å². The Labute approximate surface area is 65.4 Å². The van der Waals surface area contributed by atoms with Crippen LogP contribution < -0.4 is 11.5 Å². The SMILES string of the molecule is Nc1cnc(N)c(C2CC2)c1. The Kier molecular flexibility index (Phi) is 1.24. The summed E-state index contributed by atoms with van der Waals surface area (Å²) >= 11 is 0. The first-order valence-electron chi connectivity index (χ1n) is 3.78. The lowest BCUT2D eigenvalue weighted by atomic mass is 10.1. The van der Waals surface area contributed by atoms with Crippen molar-refractivity contribution in [1.29, 1.82) is 0 Å². The molecule has 1 heterocycles. The van der Waals surface area contributed by atoms with Gasteiger partial charge in [0, 0.05) is 0 Å². The molecule has 2 rings (SSSR count). The van der Waals surface area contributed by atoms with Gasteiger partial charge in [0.15, 0.2) is 0 Å². The van der Waals surface area contributed by atoms with Gasteiger partial charge in [0.25, 0.3) is 0 Å². The summed E-state index contributed by atoms with van der Waals surface area (Å²) in [6.45, 7) is 0. The quantitative estimate of drug-likeness (QED) is 0.629. The second-order valence-electron chi connectivity index (χ2n) is 3.02. The van der Waals surface area contributed by atoms with Crippen LogP contribution in [0.25, 0.3) is 0 Å². The van der Waals surface area contributed by atoms with E-state index in [0.29, 0.717) is 17.4 Å². The topological polar surface area (TPSA) is 64.9 Å². The molecule has 0 aliphatic heterocycles. The Hall–Kier alpha value is -1.25. The van der Waals surface area contributed by atoms with Gasteiger partial charge in [-0.15, -0.1) is 0 Å². The molecule has 11 heavy (non-hydrogen) atoms. The van der Waals surface area contributed by atoms with Crippen molar-refractivity contribution < 1.29 is 0 Å². The van der Waals surface area contributed by atoms with Crippen LogP contribution in [0.5, 0.6) is 0 Å². The monoisotopic (exact) mass is 149 g/mol. The average molecular weight is 149 g/mol. The summed E-state index contributed by atoms with van der Waals surface area (Å²) < 4.78 is 0. The first kappa shape index (κ1) is 6.46. The lowest BCUT2D eigenvalue weighted by molar-refractivity contribution is 1.10. The van der Waals surface area contributed by atoms with E-state index in [4.69, 9.17) is 11.5 Å². The lowest BCUT2D eigenvalue weighted by Crippen LogP contribution is -1.98. The molecule has 0 aromatic carbocycles. The Morgan fingerprint density at radius 3 is 2.73 bits per heavy atom. The fraction of sp³-hybridized carbons (Fsp3) is 0.375. The number of hydrogen-bond acceptors (Lipinski definition) is 3. The lowest BCUT2D eigenvalue weighted by Gasteiger charge is -2.02. The number of hydrogen-bond donors (Lipinski definition) is 2. The molecule has 1 aromatic rings. The summed E-state index contributed by atoms with van der Waals surface area (Å²) in [5, 5.41) is 0. The van der Waals surface area contributed by atoms with E-state index in [0.717, 1.165) is 5.56 Å². The number of anilines is 2. The maximum absolute atomic E-state index is 5.66. The summed E-state index contributed by atoms with van der Waals surface area (Å²) in [7, 11) is 0. The third-order valence-corrected chi connectivity index (χ3v) is 1.99. The van der Waals surface area contributed by atoms with Crippen molar-refractivity contribution in [1.82, 2.24) is 4.98 Å². The van der Waals surface area contributed by atoms with Crippen LogP contribution in [-0.4, -0.2) is 4.98 Å². The first-order valence-corrected chi connectivity index (χ1v) is 3.78. The van der Waals surface area contributed by atoms with Gasteiger partial charge in [-0.25, -0.2) is 4.98 Å². The molecule has 0 amide bonds. The smallest absolute Gasteiger partial charge is 0.126 e. The van der Waals surface area contributed by atoms with E-state index in [1.165, 1.54) is 12.8 Å². The Bertz CT molecular complexity index is 279. The van der Waals surface area contributed by atoms with Crippen LogP contribution in [0.4, 0.5) is 11.5 Å². The van der Waals surface area contributed by atoms with Crippen LogP contribution >= 0.6 is 0 Å². The van der Waals surface area contributed by atoms with Crippen molar-refractivity contribution >= 4 is 11.5 Å². The van der Waals surface area contributed by atoms with E-state index >= 15 is 0 Å². The zero-order chi connectivity index (χ0) is 7.84. The number of nitrogen functional groups attached to an aromatic ring is 2. The maximum atomic E-state index is 5.66. The summed E-state index contributed by atoms with van der Waals surface area (Å²) in [6, 6.07) is 1.93. The van der Waals surface area contributed by atoms with Crippen LogP contribution in [0.2, 0.25) is 0 Å². The molecular weight excluding hydrogens is 138 g/mol. The summed E-state index contributed by atoms with van der Waals surface area (Å²) in [5.41, 5.74) is 13.1. The molecule has 1 aromatic heterocycles. The van der Waals surface area contributed by atoms with Crippen LogP contribution in [-0.2, 0) is 0 Å². The number of pyridine rings is 1. The Morgan fingerprint density at radius 2 is 2.09 bits per heavy atom. The van der Waals surface area contributed by atoms with E-state index in [1.54, 1.807) is 6.20 Å². The number of nitrogens with zero attached hydrogens (tertiary/aromatic N) is 1. The Morgan fingerprint density at radius 1 is 1.36 bits per heavy atom. The molecule has 0 radical (unpaired) electrons. The van der Waals surface area contributed by atoms with Crippen molar-refractivity contribution in [2.24, 2.45) is 0 Å². The van der Waals surface area contributed by atoms with Gasteiger partial charge < -0.3 is 11.5 Å². The summed E-state index contributed by atoms with van der Waals surface area (Å²) in [6.07, 6.45) is 4.06. The van der Waals surface area contributed by atoms with Crippen LogP contribution in [0.1, 0.15) is 24.3 Å². The average Bonchev–Trinajstić information content (AvgIpc) is 2.76. The van der Waals surface area contributed by atoms with Gasteiger partial charge in [0.05, 0.1) is 11.9 Å². The number of nitrogens with two attached hydrogens (primary N) is 2. The van der Waals surface area contributed by atoms with E-state index in [2.05, 4.69) is 4.98 Å². The van der Waals surface area contributed by atoms with Crippen LogP contribution in [0, 0.1) is 0 Å². The largest absolute Gasteiger partial charge is 0.397 e. The molecule has 1 aliphatic carbocycles. The van der Waals surface area contributed by atoms with Crippen molar-refractivity contribution in [3.63, 3.8) is 0 Å². The number of aromatic nitrogens is 1. The molecular formula is C8H11N3. The standard InChI is InChI=1S/C8H11N3/c9-6-3-7(5-1-2-5)8(10)11-4-6/h3-5H,1-2,9H2,(H2,10,11). The first-order chi connectivity index (χ1) is 5.27. The molecule has 1 aliphatic rings. The molecule has 0 bridgehead atoms. The van der Waals surface area contributed by atoms with E-state index < -0.39 is 0 Å². The van der Waals surface area contributed by atoms with Crippen molar-refractivity contribution in [2.75, 3.05) is 11.5 Å². The fourth-order valence-corrected chi connectivity index (χ4v) is 1.23. The van der Waals surface area contributed by atoms with Crippen molar-refractivity contribution in [2.45, 2.75) is 18.8 Å². The summed E-state index contributed by atoms with van der Waals surface area (Å²) in [5.74, 6) is 1.27. The van der Waals surface area contributed by atoms with Gasteiger partial charge >= 0.3 is 0 Å². The third-order valence-electron chi connectivity index (χ3n) is 1.99. The van der Waals surface area contributed by atoms with Crippen molar-refractivity contribution in [3.05, 3.63) is 17.8 Å². The molecule has 0 saturated heterocycles. The molecule has 0 unspecified atom stereocenters. The maximum Gasteiger partial charge on any atom is 0.126 e. The minimum absolute atomic E-state index is 0.631. The highest BCUT2D eigenvalue weighted by molar-refractivity contribution is 5.51. The van der Waals surface area contributed by atoms with Crippen LogP contribution in [0.3, 0.4) is 0 Å². The minimum Gasteiger partial charge on any atom is -0.397 e. The van der Waals surface area contributed by atoms with Gasteiger partial charge in [-0.05, 0) is 30.4 Å². The Balaban J connectivity index is 2.42. The highest BCUT2D eigenvalue weighted by Gasteiger charge is 2.25. The number of rotatable bonds is 1. The van der Waals surface area contributed by atoms with Crippen molar-refractivity contribution in [3.8, 4) is 0 Å². The molecule has 3 nitrogen and oxygen atoms in total. The van der Waals surface area contributed by atoms with E-state index in [-0.39, 0.29) is 0 Å². The molecule has 1 saturated carbocycles. The summed E-state index contributed by atoms with van der Waals surface area (Å²) in [4.78, 5) is 3.99.